The first kappa shape index (κ1) is 13.6. The van der Waals surface area contributed by atoms with Crippen LogP contribution in [0.15, 0.2) is 12.2 Å². The topological polar surface area (TPSA) is 133 Å². The Morgan fingerprint density at radius 3 is 1.44 bits per heavy atom. The van der Waals surface area contributed by atoms with Crippen LogP contribution in [0, 0.1) is 0 Å². The van der Waals surface area contributed by atoms with Gasteiger partial charge in [-0.05, 0) is 0 Å². The Labute approximate surface area is 89.9 Å². The van der Waals surface area contributed by atoms with E-state index >= 15 is 0 Å². The summed E-state index contributed by atoms with van der Waals surface area (Å²) in [5.74, 6) is -3.58. The zero-order chi connectivity index (χ0) is 12.6. The van der Waals surface area contributed by atoms with Crippen LogP contribution in [0.5, 0.6) is 0 Å². The SMILES string of the molecule is O=C(O)/C=C/C(=O)O.O=C1NCCNC1=O. The summed E-state index contributed by atoms with van der Waals surface area (Å²) in [5.41, 5.74) is 0. The van der Waals surface area contributed by atoms with Gasteiger partial charge in [0.25, 0.3) is 0 Å². The smallest absolute Gasteiger partial charge is 0.328 e. The zero-order valence-electron chi connectivity index (χ0n) is 8.10. The lowest BCUT2D eigenvalue weighted by Gasteiger charge is -2.10. The van der Waals surface area contributed by atoms with Gasteiger partial charge in [-0.1, -0.05) is 0 Å². The van der Waals surface area contributed by atoms with Crippen LogP contribution >= 0.6 is 0 Å². The molecule has 0 unspecified atom stereocenters. The molecule has 1 aliphatic heterocycles. The number of carboxylic acid groups (broad SMARTS) is 2. The maximum Gasteiger partial charge on any atom is 0.328 e. The first-order chi connectivity index (χ1) is 7.43. The Morgan fingerprint density at radius 1 is 0.938 bits per heavy atom. The van der Waals surface area contributed by atoms with E-state index in [2.05, 4.69) is 10.6 Å². The molecule has 0 atom stereocenters. The van der Waals surface area contributed by atoms with E-state index in [1.165, 1.54) is 0 Å². The monoisotopic (exact) mass is 230 g/mol. The molecular weight excluding hydrogens is 220 g/mol. The van der Waals surface area contributed by atoms with E-state index in [1.54, 1.807) is 0 Å². The fourth-order valence-corrected chi connectivity index (χ4v) is 0.655. The van der Waals surface area contributed by atoms with E-state index in [1.807, 2.05) is 0 Å². The summed E-state index contributed by atoms with van der Waals surface area (Å²) < 4.78 is 0. The second kappa shape index (κ2) is 6.98. The summed E-state index contributed by atoms with van der Waals surface area (Å²) in [7, 11) is 0. The summed E-state index contributed by atoms with van der Waals surface area (Å²) in [4.78, 5) is 39.6. The molecule has 0 aromatic carbocycles. The first-order valence-corrected chi connectivity index (χ1v) is 4.13. The molecule has 8 nitrogen and oxygen atoms in total. The molecule has 0 aliphatic carbocycles. The number of rotatable bonds is 2. The van der Waals surface area contributed by atoms with Crippen molar-refractivity contribution in [1.82, 2.24) is 10.6 Å². The van der Waals surface area contributed by atoms with Crippen LogP contribution < -0.4 is 10.6 Å². The molecular formula is C8H10N2O6. The van der Waals surface area contributed by atoms with Crippen LogP contribution in [0.3, 0.4) is 0 Å². The fraction of sp³-hybridized carbons (Fsp3) is 0.250. The average Bonchev–Trinajstić information content (AvgIpc) is 2.20. The third-order valence-electron chi connectivity index (χ3n) is 1.27. The highest BCUT2D eigenvalue weighted by Gasteiger charge is 2.15. The number of carbonyl (C=O) groups is 4. The van der Waals surface area contributed by atoms with Crippen molar-refractivity contribution in [2.24, 2.45) is 0 Å². The Balaban J connectivity index is 0.000000281. The van der Waals surface area contributed by atoms with Gasteiger partial charge in [0.15, 0.2) is 0 Å². The van der Waals surface area contributed by atoms with Crippen LogP contribution in [0.2, 0.25) is 0 Å². The summed E-state index contributed by atoms with van der Waals surface area (Å²) in [6.45, 7) is 1.09. The van der Waals surface area contributed by atoms with E-state index in [4.69, 9.17) is 10.2 Å². The molecule has 1 saturated heterocycles. The molecule has 0 spiro atoms. The van der Waals surface area contributed by atoms with Gasteiger partial charge < -0.3 is 20.8 Å². The number of hydrogen-bond donors (Lipinski definition) is 4. The number of carbonyl (C=O) groups excluding carboxylic acids is 2. The lowest BCUT2D eigenvalue weighted by atomic mass is 10.4. The number of hydrogen-bond acceptors (Lipinski definition) is 4. The maximum atomic E-state index is 10.3. The largest absolute Gasteiger partial charge is 0.478 e. The van der Waals surface area contributed by atoms with Crippen LogP contribution in [0.1, 0.15) is 0 Å². The molecule has 2 amide bonds. The van der Waals surface area contributed by atoms with Gasteiger partial charge >= 0.3 is 23.8 Å². The van der Waals surface area contributed by atoms with Gasteiger partial charge in [0.1, 0.15) is 0 Å². The van der Waals surface area contributed by atoms with Crippen molar-refractivity contribution in [3.05, 3.63) is 12.2 Å². The highest BCUT2D eigenvalue weighted by Crippen LogP contribution is 1.73. The number of piperazine rings is 1. The van der Waals surface area contributed by atoms with Crippen molar-refractivity contribution >= 4 is 23.8 Å². The Kier molecular flexibility index (Phi) is 5.95. The molecule has 0 aromatic heterocycles. The minimum Gasteiger partial charge on any atom is -0.478 e. The lowest BCUT2D eigenvalue weighted by Crippen LogP contribution is -2.49. The van der Waals surface area contributed by atoms with Crippen LogP contribution in [0.25, 0.3) is 0 Å². The van der Waals surface area contributed by atoms with Crippen molar-refractivity contribution in [3.8, 4) is 0 Å². The number of amides is 2. The molecule has 16 heavy (non-hydrogen) atoms. The predicted molar refractivity (Wildman–Crippen MR) is 50.4 cm³/mol. The van der Waals surface area contributed by atoms with Crippen molar-refractivity contribution in [3.63, 3.8) is 0 Å². The summed E-state index contributed by atoms with van der Waals surface area (Å²) >= 11 is 0. The quantitative estimate of drug-likeness (QED) is 0.318. The average molecular weight is 230 g/mol. The second-order valence-corrected chi connectivity index (χ2v) is 2.52. The number of aliphatic carboxylic acids is 2. The molecule has 8 heteroatoms. The van der Waals surface area contributed by atoms with Gasteiger partial charge in [0.2, 0.25) is 0 Å². The van der Waals surface area contributed by atoms with Crippen molar-refractivity contribution in [2.75, 3.05) is 13.1 Å². The maximum absolute atomic E-state index is 10.3. The number of nitrogens with one attached hydrogen (secondary N) is 2. The molecule has 1 fully saturated rings. The lowest BCUT2D eigenvalue weighted by molar-refractivity contribution is -0.140. The van der Waals surface area contributed by atoms with Crippen molar-refractivity contribution < 1.29 is 29.4 Å². The predicted octanol–water partition coefficient (Wildman–Crippen LogP) is -2.06. The highest BCUT2D eigenvalue weighted by molar-refractivity contribution is 6.35. The fourth-order valence-electron chi connectivity index (χ4n) is 0.655. The molecule has 1 rings (SSSR count). The molecule has 0 bridgehead atoms. The Morgan fingerprint density at radius 2 is 1.25 bits per heavy atom. The summed E-state index contributed by atoms with van der Waals surface area (Å²) in [5, 5.41) is 20.4. The normalized spacial score (nSPS) is 14.5. The van der Waals surface area contributed by atoms with Gasteiger partial charge in [0, 0.05) is 25.2 Å². The van der Waals surface area contributed by atoms with Crippen LogP contribution in [0.4, 0.5) is 0 Å². The second-order valence-electron chi connectivity index (χ2n) is 2.52. The molecule has 0 aromatic rings. The third-order valence-corrected chi connectivity index (χ3v) is 1.27. The zero-order valence-corrected chi connectivity index (χ0v) is 8.10. The van der Waals surface area contributed by atoms with E-state index in [0.29, 0.717) is 25.2 Å². The molecule has 4 N–H and O–H groups in total. The van der Waals surface area contributed by atoms with Gasteiger partial charge in [-0.15, -0.1) is 0 Å². The Bertz CT molecular complexity index is 303. The van der Waals surface area contributed by atoms with Crippen LogP contribution in [-0.4, -0.2) is 47.1 Å². The van der Waals surface area contributed by atoms with Gasteiger partial charge in [-0.3, -0.25) is 9.59 Å². The number of carboxylic acids is 2. The molecule has 1 heterocycles. The summed E-state index contributed by atoms with van der Waals surface area (Å²) in [6, 6.07) is 0. The minimum atomic E-state index is -1.26. The van der Waals surface area contributed by atoms with Crippen molar-refractivity contribution in [1.29, 1.82) is 0 Å². The van der Waals surface area contributed by atoms with Gasteiger partial charge in [-0.25, -0.2) is 9.59 Å². The van der Waals surface area contributed by atoms with E-state index in [0.717, 1.165) is 0 Å². The van der Waals surface area contributed by atoms with E-state index < -0.39 is 23.8 Å². The first-order valence-electron chi connectivity index (χ1n) is 4.13. The molecule has 88 valence electrons. The van der Waals surface area contributed by atoms with E-state index in [-0.39, 0.29) is 0 Å². The van der Waals surface area contributed by atoms with Gasteiger partial charge in [0.05, 0.1) is 0 Å². The van der Waals surface area contributed by atoms with E-state index in [9.17, 15) is 19.2 Å². The standard InChI is InChI=1S/C4H6N2O2.C4H4O4/c7-3-4(8)6-2-1-5-3;5-3(6)1-2-4(7)8/h1-2H2,(H,5,7)(H,6,8);1-2H,(H,5,6)(H,7,8)/b;2-1+. The van der Waals surface area contributed by atoms with Crippen molar-refractivity contribution in [2.45, 2.75) is 0 Å². The molecule has 0 radical (unpaired) electrons. The van der Waals surface area contributed by atoms with Crippen LogP contribution in [-0.2, 0) is 19.2 Å². The molecule has 0 saturated carbocycles. The van der Waals surface area contributed by atoms with Gasteiger partial charge in [-0.2, -0.15) is 0 Å². The summed E-state index contributed by atoms with van der Waals surface area (Å²) in [6.07, 6.45) is 1.12. The minimum absolute atomic E-state index is 0.531. The Hall–Kier alpha value is -2.38. The molecule has 1 aliphatic rings. The highest BCUT2D eigenvalue weighted by atomic mass is 16.4. The third kappa shape index (κ3) is 7.06.